The van der Waals surface area contributed by atoms with Crippen LogP contribution in [0.15, 0.2) is 24.3 Å². The highest BCUT2D eigenvalue weighted by atomic mass is 19.4. The van der Waals surface area contributed by atoms with Crippen molar-refractivity contribution in [2.45, 2.75) is 57.5 Å². The lowest BCUT2D eigenvalue weighted by Crippen LogP contribution is -2.14. The quantitative estimate of drug-likeness (QED) is 0.510. The van der Waals surface area contributed by atoms with E-state index < -0.39 is 23.4 Å². The fourth-order valence-corrected chi connectivity index (χ4v) is 4.06. The van der Waals surface area contributed by atoms with E-state index in [9.17, 15) is 22.0 Å². The van der Waals surface area contributed by atoms with Crippen molar-refractivity contribution in [2.24, 2.45) is 5.92 Å². The summed E-state index contributed by atoms with van der Waals surface area (Å²) in [6, 6.07) is 5.49. The van der Waals surface area contributed by atoms with E-state index in [2.05, 4.69) is 6.92 Å². The Balaban J connectivity index is 1.91. The summed E-state index contributed by atoms with van der Waals surface area (Å²) in [7, 11) is 0. The smallest absolute Gasteiger partial charge is 0.206 e. The highest BCUT2D eigenvalue weighted by molar-refractivity contribution is 5.85. The summed E-state index contributed by atoms with van der Waals surface area (Å²) in [6.07, 6.45) is 1.65. The monoisotopic (exact) mass is 356 g/mol. The van der Waals surface area contributed by atoms with Crippen LogP contribution in [-0.4, -0.2) is 0 Å². The maximum absolute atomic E-state index is 14.2. The van der Waals surface area contributed by atoms with Crippen LogP contribution in [0.2, 0.25) is 0 Å². The Labute approximate surface area is 144 Å². The zero-order chi connectivity index (χ0) is 18.2. The SMILES string of the molecule is CCCC1CCC(c2ccc3c(F)c(C(F)(F)F)c(F)cc3c2)CC1. The van der Waals surface area contributed by atoms with Gasteiger partial charge in [-0.25, -0.2) is 8.78 Å². The van der Waals surface area contributed by atoms with Crippen LogP contribution in [0.5, 0.6) is 0 Å². The molecule has 1 aliphatic carbocycles. The Kier molecular flexibility index (Phi) is 5.03. The molecule has 1 fully saturated rings. The van der Waals surface area contributed by atoms with Gasteiger partial charge in [-0.2, -0.15) is 13.2 Å². The van der Waals surface area contributed by atoms with Crippen LogP contribution >= 0.6 is 0 Å². The van der Waals surface area contributed by atoms with Crippen molar-refractivity contribution in [1.29, 1.82) is 0 Å². The summed E-state index contributed by atoms with van der Waals surface area (Å²) in [6.45, 7) is 2.17. The molecule has 0 amide bonds. The van der Waals surface area contributed by atoms with Gasteiger partial charge in [0, 0.05) is 5.39 Å². The van der Waals surface area contributed by atoms with E-state index in [0.29, 0.717) is 5.92 Å². The molecule has 1 aliphatic rings. The van der Waals surface area contributed by atoms with Crippen molar-refractivity contribution in [1.82, 2.24) is 0 Å². The maximum atomic E-state index is 14.2. The van der Waals surface area contributed by atoms with Gasteiger partial charge in [0.05, 0.1) is 0 Å². The first-order valence-electron chi connectivity index (χ1n) is 8.80. The maximum Gasteiger partial charge on any atom is 0.422 e. The second-order valence-corrected chi connectivity index (χ2v) is 7.03. The van der Waals surface area contributed by atoms with Crippen molar-refractivity contribution in [3.63, 3.8) is 0 Å². The predicted molar refractivity (Wildman–Crippen MR) is 88.5 cm³/mol. The molecule has 0 unspecified atom stereocenters. The van der Waals surface area contributed by atoms with Gasteiger partial charge in [0.15, 0.2) is 0 Å². The van der Waals surface area contributed by atoms with Gasteiger partial charge in [0.1, 0.15) is 17.2 Å². The third kappa shape index (κ3) is 3.65. The number of fused-ring (bicyclic) bond motifs is 1. The predicted octanol–water partition coefficient (Wildman–Crippen LogP) is 7.21. The van der Waals surface area contributed by atoms with E-state index in [0.717, 1.165) is 43.2 Å². The second kappa shape index (κ2) is 6.93. The minimum atomic E-state index is -5.04. The number of halogens is 5. The van der Waals surface area contributed by atoms with Crippen LogP contribution in [0.1, 0.15) is 62.5 Å². The molecular formula is C20H21F5. The second-order valence-electron chi connectivity index (χ2n) is 7.03. The molecule has 0 atom stereocenters. The van der Waals surface area contributed by atoms with Crippen molar-refractivity contribution in [2.75, 3.05) is 0 Å². The van der Waals surface area contributed by atoms with Crippen LogP contribution in [0.3, 0.4) is 0 Å². The number of alkyl halides is 3. The summed E-state index contributed by atoms with van der Waals surface area (Å²) >= 11 is 0. The molecule has 25 heavy (non-hydrogen) atoms. The molecule has 0 aromatic heterocycles. The summed E-state index contributed by atoms with van der Waals surface area (Å²) in [4.78, 5) is 0. The third-order valence-corrected chi connectivity index (χ3v) is 5.35. The summed E-state index contributed by atoms with van der Waals surface area (Å²) in [5.41, 5.74) is -0.853. The Hall–Kier alpha value is -1.65. The van der Waals surface area contributed by atoms with E-state index in [1.54, 1.807) is 12.1 Å². The van der Waals surface area contributed by atoms with Gasteiger partial charge in [-0.3, -0.25) is 0 Å². The van der Waals surface area contributed by atoms with Crippen molar-refractivity contribution < 1.29 is 22.0 Å². The fraction of sp³-hybridized carbons (Fsp3) is 0.500. The summed E-state index contributed by atoms with van der Waals surface area (Å²) in [5.74, 6) is -2.03. The molecule has 1 saturated carbocycles. The van der Waals surface area contributed by atoms with Gasteiger partial charge in [-0.05, 0) is 54.5 Å². The average Bonchev–Trinajstić information content (AvgIpc) is 2.54. The zero-order valence-electron chi connectivity index (χ0n) is 14.1. The minimum Gasteiger partial charge on any atom is -0.206 e. The highest BCUT2D eigenvalue weighted by Gasteiger charge is 2.38. The topological polar surface area (TPSA) is 0 Å². The molecule has 136 valence electrons. The Morgan fingerprint density at radius 3 is 2.28 bits per heavy atom. The molecule has 3 rings (SSSR count). The van der Waals surface area contributed by atoms with Crippen molar-refractivity contribution in [3.05, 3.63) is 47.0 Å². The van der Waals surface area contributed by atoms with E-state index in [1.165, 1.54) is 18.9 Å². The number of benzene rings is 2. The van der Waals surface area contributed by atoms with Gasteiger partial charge in [-0.15, -0.1) is 0 Å². The molecule has 0 heterocycles. The first kappa shape index (κ1) is 18.2. The molecule has 0 aliphatic heterocycles. The van der Waals surface area contributed by atoms with E-state index in [1.807, 2.05) is 0 Å². The van der Waals surface area contributed by atoms with Gasteiger partial charge < -0.3 is 0 Å². The first-order valence-corrected chi connectivity index (χ1v) is 8.80. The number of hydrogen-bond donors (Lipinski definition) is 0. The number of rotatable bonds is 3. The highest BCUT2D eigenvalue weighted by Crippen LogP contribution is 2.40. The molecule has 0 spiro atoms. The molecular weight excluding hydrogens is 335 g/mol. The Morgan fingerprint density at radius 2 is 1.68 bits per heavy atom. The van der Waals surface area contributed by atoms with Crippen molar-refractivity contribution >= 4 is 10.8 Å². The molecule has 5 heteroatoms. The van der Waals surface area contributed by atoms with E-state index in [-0.39, 0.29) is 10.8 Å². The fourth-order valence-electron chi connectivity index (χ4n) is 4.06. The normalized spacial score (nSPS) is 21.7. The van der Waals surface area contributed by atoms with Gasteiger partial charge in [0.25, 0.3) is 0 Å². The Bertz CT molecular complexity index is 755. The van der Waals surface area contributed by atoms with Gasteiger partial charge >= 0.3 is 6.18 Å². The largest absolute Gasteiger partial charge is 0.422 e. The van der Waals surface area contributed by atoms with Gasteiger partial charge in [0.2, 0.25) is 0 Å². The zero-order valence-corrected chi connectivity index (χ0v) is 14.1. The minimum absolute atomic E-state index is 0.183. The molecule has 0 saturated heterocycles. The van der Waals surface area contributed by atoms with Crippen LogP contribution in [0, 0.1) is 17.6 Å². The average molecular weight is 356 g/mol. The van der Waals surface area contributed by atoms with Crippen LogP contribution in [0.25, 0.3) is 10.8 Å². The van der Waals surface area contributed by atoms with Gasteiger partial charge in [-0.1, -0.05) is 38.0 Å². The summed E-state index contributed by atoms with van der Waals surface area (Å²) < 4.78 is 66.5. The van der Waals surface area contributed by atoms with E-state index >= 15 is 0 Å². The lowest BCUT2D eigenvalue weighted by molar-refractivity contribution is -0.142. The van der Waals surface area contributed by atoms with E-state index in [4.69, 9.17) is 0 Å². The van der Waals surface area contributed by atoms with Crippen molar-refractivity contribution in [3.8, 4) is 0 Å². The molecule has 2 aromatic rings. The molecule has 0 radical (unpaired) electrons. The lowest BCUT2D eigenvalue weighted by Gasteiger charge is -2.28. The molecule has 0 bridgehead atoms. The molecule has 0 nitrogen and oxygen atoms in total. The molecule has 2 aromatic carbocycles. The molecule has 0 N–H and O–H groups in total. The Morgan fingerprint density at radius 1 is 1.00 bits per heavy atom. The first-order chi connectivity index (χ1) is 11.8. The number of hydrogen-bond acceptors (Lipinski definition) is 0. The van der Waals surface area contributed by atoms with Crippen LogP contribution in [0.4, 0.5) is 22.0 Å². The van der Waals surface area contributed by atoms with Crippen LogP contribution < -0.4 is 0 Å². The standard InChI is InChI=1S/C20H21F5/c1-2-3-12-4-6-13(7-5-12)14-8-9-16-15(10-14)11-17(21)18(19(16)22)20(23,24)25/h8-13H,2-7H2,1H3. The summed E-state index contributed by atoms with van der Waals surface area (Å²) in [5, 5.41) is 0.00771. The lowest BCUT2D eigenvalue weighted by atomic mass is 9.77. The van der Waals surface area contributed by atoms with Crippen LogP contribution in [-0.2, 0) is 6.18 Å². The third-order valence-electron chi connectivity index (χ3n) is 5.35.